The fourth-order valence-electron chi connectivity index (χ4n) is 4.76. The lowest BCUT2D eigenvalue weighted by Crippen LogP contribution is -2.45. The number of amides is 1. The first-order valence-electron chi connectivity index (χ1n) is 12.9. The SMILES string of the molecule is COCCCN(Cc1c(C)nn(-c2ccccc2)c1N1CCN(C)CC1)C(=O)CCc1ccccc1. The molecule has 36 heavy (non-hydrogen) atoms. The zero-order valence-corrected chi connectivity index (χ0v) is 21.9. The molecule has 0 atom stereocenters. The summed E-state index contributed by atoms with van der Waals surface area (Å²) in [5.41, 5.74) is 4.34. The van der Waals surface area contributed by atoms with E-state index in [-0.39, 0.29) is 5.91 Å². The van der Waals surface area contributed by atoms with Crippen LogP contribution in [0.5, 0.6) is 0 Å². The van der Waals surface area contributed by atoms with Gasteiger partial charge in [0.1, 0.15) is 5.82 Å². The molecule has 2 aromatic carbocycles. The first-order chi connectivity index (χ1) is 17.6. The van der Waals surface area contributed by atoms with Crippen LogP contribution in [0.1, 0.15) is 29.7 Å². The molecule has 1 fully saturated rings. The molecule has 1 aromatic heterocycles. The van der Waals surface area contributed by atoms with E-state index in [1.807, 2.05) is 41.3 Å². The van der Waals surface area contributed by atoms with Crippen molar-refractivity contribution >= 4 is 11.7 Å². The van der Waals surface area contributed by atoms with Gasteiger partial charge in [-0.1, -0.05) is 48.5 Å². The molecule has 0 radical (unpaired) electrons. The number of hydrogen-bond donors (Lipinski definition) is 0. The van der Waals surface area contributed by atoms with E-state index in [0.717, 1.165) is 61.8 Å². The van der Waals surface area contributed by atoms with Gasteiger partial charge in [-0.15, -0.1) is 0 Å². The normalized spacial score (nSPS) is 14.2. The predicted octanol–water partition coefficient (Wildman–Crippen LogP) is 3.93. The third kappa shape index (κ3) is 6.53. The molecule has 3 aromatic rings. The summed E-state index contributed by atoms with van der Waals surface area (Å²) in [7, 11) is 3.88. The number of carbonyl (C=O) groups excluding carboxylic acids is 1. The second-order valence-corrected chi connectivity index (χ2v) is 9.57. The van der Waals surface area contributed by atoms with E-state index in [2.05, 4.69) is 52.7 Å². The Morgan fingerprint density at radius 1 is 1.00 bits per heavy atom. The van der Waals surface area contributed by atoms with Crippen molar-refractivity contribution in [3.63, 3.8) is 0 Å². The molecular formula is C29H39N5O2. The largest absolute Gasteiger partial charge is 0.385 e. The van der Waals surface area contributed by atoms with Gasteiger partial charge in [0, 0.05) is 58.4 Å². The lowest BCUT2D eigenvalue weighted by atomic mass is 10.1. The average Bonchev–Trinajstić information content (AvgIpc) is 3.24. The lowest BCUT2D eigenvalue weighted by molar-refractivity contribution is -0.132. The second-order valence-electron chi connectivity index (χ2n) is 9.57. The van der Waals surface area contributed by atoms with Gasteiger partial charge in [0.25, 0.3) is 0 Å². The van der Waals surface area contributed by atoms with Gasteiger partial charge in [0.05, 0.1) is 17.9 Å². The summed E-state index contributed by atoms with van der Waals surface area (Å²) >= 11 is 0. The van der Waals surface area contributed by atoms with Crippen LogP contribution in [-0.4, -0.2) is 79.0 Å². The molecule has 0 saturated carbocycles. The molecule has 1 amide bonds. The molecule has 0 bridgehead atoms. The van der Waals surface area contributed by atoms with Crippen molar-refractivity contribution in [2.24, 2.45) is 0 Å². The lowest BCUT2D eigenvalue weighted by Gasteiger charge is -2.35. The smallest absolute Gasteiger partial charge is 0.223 e. The number of ether oxygens (including phenoxy) is 1. The minimum absolute atomic E-state index is 0.172. The molecule has 4 rings (SSSR count). The number of aromatic nitrogens is 2. The number of hydrogen-bond acceptors (Lipinski definition) is 5. The predicted molar refractivity (Wildman–Crippen MR) is 145 cm³/mol. The highest BCUT2D eigenvalue weighted by Crippen LogP contribution is 2.30. The summed E-state index contributed by atoms with van der Waals surface area (Å²) in [6.45, 7) is 7.81. The van der Waals surface area contributed by atoms with Crippen molar-refractivity contribution in [1.29, 1.82) is 0 Å². The van der Waals surface area contributed by atoms with Gasteiger partial charge in [-0.3, -0.25) is 4.79 Å². The van der Waals surface area contributed by atoms with Crippen LogP contribution in [0.3, 0.4) is 0 Å². The quantitative estimate of drug-likeness (QED) is 0.382. The Kier molecular flexibility index (Phi) is 9.14. The van der Waals surface area contributed by atoms with Crippen molar-refractivity contribution < 1.29 is 9.53 Å². The van der Waals surface area contributed by atoms with Crippen LogP contribution in [0.4, 0.5) is 5.82 Å². The van der Waals surface area contributed by atoms with E-state index >= 15 is 0 Å². The molecule has 0 spiro atoms. The standard InChI is InChI=1S/C29H39N5O2/c1-24-27(23-33(17-10-22-36-3)28(35)16-15-25-11-6-4-7-12-25)29(32-20-18-31(2)19-21-32)34(30-24)26-13-8-5-9-14-26/h4-9,11-14H,10,15-23H2,1-3H3. The van der Waals surface area contributed by atoms with Crippen molar-refractivity contribution in [1.82, 2.24) is 19.6 Å². The number of rotatable bonds is 11. The van der Waals surface area contributed by atoms with E-state index in [1.165, 1.54) is 5.56 Å². The number of benzene rings is 2. The van der Waals surface area contributed by atoms with Crippen LogP contribution < -0.4 is 4.90 Å². The molecule has 2 heterocycles. The Bertz CT molecular complexity index is 1090. The maximum Gasteiger partial charge on any atom is 0.223 e. The van der Waals surface area contributed by atoms with Gasteiger partial charge in [-0.05, 0) is 44.5 Å². The summed E-state index contributed by atoms with van der Waals surface area (Å²) in [6, 6.07) is 20.5. The number of carbonyl (C=O) groups is 1. The van der Waals surface area contributed by atoms with Gasteiger partial charge in [0.2, 0.25) is 5.91 Å². The first kappa shape index (κ1) is 25.9. The molecule has 1 aliphatic rings. The summed E-state index contributed by atoms with van der Waals surface area (Å²) in [4.78, 5) is 20.3. The number of nitrogens with zero attached hydrogens (tertiary/aromatic N) is 5. The Labute approximate surface area is 215 Å². The van der Waals surface area contributed by atoms with Gasteiger partial charge in [-0.25, -0.2) is 4.68 Å². The highest BCUT2D eigenvalue weighted by atomic mass is 16.5. The fraction of sp³-hybridized carbons (Fsp3) is 0.448. The summed E-state index contributed by atoms with van der Waals surface area (Å²) in [5, 5.41) is 4.98. The van der Waals surface area contributed by atoms with Crippen LogP contribution >= 0.6 is 0 Å². The third-order valence-electron chi connectivity index (χ3n) is 6.91. The molecule has 1 saturated heterocycles. The van der Waals surface area contributed by atoms with Gasteiger partial charge >= 0.3 is 0 Å². The Morgan fingerprint density at radius 2 is 1.67 bits per heavy atom. The van der Waals surface area contributed by atoms with Crippen LogP contribution in [-0.2, 0) is 22.5 Å². The topological polar surface area (TPSA) is 53.8 Å². The monoisotopic (exact) mass is 489 g/mol. The van der Waals surface area contributed by atoms with Crippen molar-refractivity contribution in [3.8, 4) is 5.69 Å². The minimum Gasteiger partial charge on any atom is -0.385 e. The maximum atomic E-state index is 13.5. The minimum atomic E-state index is 0.172. The Balaban J connectivity index is 1.62. The second kappa shape index (κ2) is 12.7. The van der Waals surface area contributed by atoms with Crippen LogP contribution in [0.2, 0.25) is 0 Å². The summed E-state index contributed by atoms with van der Waals surface area (Å²) in [5.74, 6) is 1.28. The van der Waals surface area contributed by atoms with Crippen LogP contribution in [0.25, 0.3) is 5.69 Å². The van der Waals surface area contributed by atoms with Gasteiger partial charge in [0.15, 0.2) is 0 Å². The summed E-state index contributed by atoms with van der Waals surface area (Å²) in [6.07, 6.45) is 2.05. The fourth-order valence-corrected chi connectivity index (χ4v) is 4.76. The van der Waals surface area contributed by atoms with Gasteiger partial charge in [-0.2, -0.15) is 5.10 Å². The van der Waals surface area contributed by atoms with Crippen LogP contribution in [0, 0.1) is 6.92 Å². The van der Waals surface area contributed by atoms with Crippen LogP contribution in [0.15, 0.2) is 60.7 Å². The molecule has 0 unspecified atom stereocenters. The van der Waals surface area contributed by atoms with Gasteiger partial charge < -0.3 is 19.4 Å². The van der Waals surface area contributed by atoms with Crippen molar-refractivity contribution in [3.05, 3.63) is 77.5 Å². The molecule has 7 nitrogen and oxygen atoms in total. The molecule has 1 aliphatic heterocycles. The summed E-state index contributed by atoms with van der Waals surface area (Å²) < 4.78 is 7.37. The number of para-hydroxylation sites is 1. The van der Waals surface area contributed by atoms with E-state index in [0.29, 0.717) is 26.1 Å². The highest BCUT2D eigenvalue weighted by Gasteiger charge is 2.27. The number of anilines is 1. The molecule has 192 valence electrons. The average molecular weight is 490 g/mol. The Hall–Kier alpha value is -3.16. The molecular weight excluding hydrogens is 450 g/mol. The molecule has 7 heteroatoms. The third-order valence-corrected chi connectivity index (χ3v) is 6.91. The maximum absolute atomic E-state index is 13.5. The van der Waals surface area contributed by atoms with E-state index in [4.69, 9.17) is 9.84 Å². The number of methoxy groups -OCH3 is 1. The first-order valence-corrected chi connectivity index (χ1v) is 12.9. The highest BCUT2D eigenvalue weighted by molar-refractivity contribution is 5.77. The van der Waals surface area contributed by atoms with E-state index in [9.17, 15) is 4.79 Å². The van der Waals surface area contributed by atoms with Crippen molar-refractivity contribution in [2.75, 3.05) is 58.4 Å². The molecule has 0 N–H and O–H groups in total. The zero-order valence-electron chi connectivity index (χ0n) is 21.9. The molecule has 0 aliphatic carbocycles. The number of aryl methyl sites for hydroxylation is 2. The van der Waals surface area contributed by atoms with E-state index < -0.39 is 0 Å². The Morgan fingerprint density at radius 3 is 2.33 bits per heavy atom. The zero-order chi connectivity index (χ0) is 25.3. The number of piperazine rings is 1. The van der Waals surface area contributed by atoms with E-state index in [1.54, 1.807) is 7.11 Å². The number of likely N-dealkylation sites (N-methyl/N-ethyl adjacent to an activating group) is 1. The van der Waals surface area contributed by atoms with Crippen molar-refractivity contribution in [2.45, 2.75) is 32.7 Å².